The van der Waals surface area contributed by atoms with Gasteiger partial charge >= 0.3 is 12.1 Å². The van der Waals surface area contributed by atoms with E-state index in [2.05, 4.69) is 34.8 Å². The molecule has 0 unspecified atom stereocenters. The molecule has 4 fully saturated rings. The van der Waals surface area contributed by atoms with Crippen molar-refractivity contribution in [2.24, 2.45) is 11.3 Å². The van der Waals surface area contributed by atoms with Crippen LogP contribution in [0.3, 0.4) is 0 Å². The minimum atomic E-state index is -1.40. The van der Waals surface area contributed by atoms with Gasteiger partial charge in [0.2, 0.25) is 17.7 Å². The molecule has 13 nitrogen and oxygen atoms in total. The van der Waals surface area contributed by atoms with E-state index in [1.807, 2.05) is 6.07 Å². The second-order valence-corrected chi connectivity index (χ2v) is 21.2. The second-order valence-electron chi connectivity index (χ2n) is 20.4. The average Bonchev–Trinajstić information content (AvgIpc) is 3.63. The summed E-state index contributed by atoms with van der Waals surface area (Å²) < 4.78 is 27.7. The zero-order valence-electron chi connectivity index (χ0n) is 36.4. The van der Waals surface area contributed by atoms with Gasteiger partial charge in [0.15, 0.2) is 11.0 Å². The smallest absolute Gasteiger partial charge is 0.410 e. The average molecular weight is 886 g/mol. The van der Waals surface area contributed by atoms with Crippen molar-refractivity contribution in [3.8, 4) is 0 Å². The molecule has 2 aromatic rings. The lowest BCUT2D eigenvalue weighted by Crippen LogP contribution is -2.62. The van der Waals surface area contributed by atoms with Gasteiger partial charge in [-0.25, -0.2) is 19.0 Å². The first kappa shape index (κ1) is 45.0. The number of carbonyl (C=O) groups is 5. The van der Waals surface area contributed by atoms with Gasteiger partial charge in [-0.15, -0.1) is 0 Å². The number of halogens is 3. The Balaban J connectivity index is 1.13. The Hall–Kier alpha value is -4.01. The quantitative estimate of drug-likeness (QED) is 0.207. The first-order valence-electron chi connectivity index (χ1n) is 21.5. The number of nitrogens with zero attached hydrogens (tertiary/aromatic N) is 3. The minimum Gasteiger partial charge on any atom is -0.458 e. The van der Waals surface area contributed by atoms with Crippen molar-refractivity contribution in [1.82, 2.24) is 25.4 Å². The molecule has 4 heterocycles. The van der Waals surface area contributed by atoms with Crippen LogP contribution in [0.25, 0.3) is 0 Å². The summed E-state index contributed by atoms with van der Waals surface area (Å²) >= 11 is 12.8. The van der Waals surface area contributed by atoms with Crippen molar-refractivity contribution in [3.63, 3.8) is 0 Å². The fourth-order valence-corrected chi connectivity index (χ4v) is 10.8. The van der Waals surface area contributed by atoms with Crippen LogP contribution in [0.2, 0.25) is 10.2 Å². The van der Waals surface area contributed by atoms with Crippen LogP contribution in [-0.4, -0.2) is 99.1 Å². The van der Waals surface area contributed by atoms with Crippen LogP contribution in [0.15, 0.2) is 30.5 Å². The normalized spacial score (nSPS) is 28.3. The molecule has 3 N–H and O–H groups in total. The number of pyridine rings is 1. The predicted octanol–water partition coefficient (Wildman–Crippen LogP) is 7.28. The van der Waals surface area contributed by atoms with Crippen LogP contribution in [-0.2, 0) is 34.1 Å². The van der Waals surface area contributed by atoms with Crippen molar-refractivity contribution >= 4 is 58.7 Å². The molecular weight excluding hydrogens is 826 g/mol. The number of benzene rings is 1. The highest BCUT2D eigenvalue weighted by atomic mass is 35.5. The van der Waals surface area contributed by atoms with Crippen LogP contribution < -0.4 is 16.0 Å². The Labute approximate surface area is 367 Å². The van der Waals surface area contributed by atoms with Crippen LogP contribution in [0.1, 0.15) is 124 Å². The maximum absolute atomic E-state index is 16.4. The summed E-state index contributed by atoms with van der Waals surface area (Å²) in [6, 6.07) is 4.36. The Morgan fingerprint density at radius 3 is 2.21 bits per heavy atom. The Bertz CT molecular complexity index is 2090. The third-order valence-electron chi connectivity index (χ3n) is 13.4. The molecule has 0 bridgehead atoms. The number of esters is 1. The molecule has 7 rings (SSSR count). The Kier molecular flexibility index (Phi) is 12.0. The summed E-state index contributed by atoms with van der Waals surface area (Å²) in [5, 5.41) is 10.1. The lowest BCUT2D eigenvalue weighted by molar-refractivity contribution is -0.169. The van der Waals surface area contributed by atoms with E-state index in [1.165, 1.54) is 22.1 Å². The third kappa shape index (κ3) is 8.57. The molecule has 5 aliphatic rings. The number of rotatable bonds is 5. The molecule has 2 aliphatic carbocycles. The summed E-state index contributed by atoms with van der Waals surface area (Å²) in [6.45, 7) is 15.2. The summed E-state index contributed by atoms with van der Waals surface area (Å²) in [5.41, 5.74) is -2.60. The number of fused-ring (bicyclic) bond motifs is 3. The molecule has 2 spiro atoms. The highest BCUT2D eigenvalue weighted by Crippen LogP contribution is 2.64. The summed E-state index contributed by atoms with van der Waals surface area (Å²) in [4.78, 5) is 77.4. The van der Waals surface area contributed by atoms with Gasteiger partial charge < -0.3 is 29.9 Å². The van der Waals surface area contributed by atoms with E-state index in [9.17, 15) is 24.0 Å². The topological polar surface area (TPSA) is 159 Å². The molecule has 16 heteroatoms. The van der Waals surface area contributed by atoms with Gasteiger partial charge in [-0.3, -0.25) is 19.7 Å². The molecule has 1 aromatic carbocycles. The van der Waals surface area contributed by atoms with Gasteiger partial charge in [0.05, 0.1) is 12.6 Å². The van der Waals surface area contributed by atoms with Gasteiger partial charge in [-0.2, -0.15) is 0 Å². The van der Waals surface area contributed by atoms with E-state index in [4.69, 9.17) is 32.7 Å². The fraction of sp³-hybridized carbons (Fsp3) is 0.644. The van der Waals surface area contributed by atoms with Crippen LogP contribution >= 0.6 is 23.2 Å². The first-order valence-corrected chi connectivity index (χ1v) is 22.2. The van der Waals surface area contributed by atoms with E-state index < -0.39 is 64.0 Å². The van der Waals surface area contributed by atoms with Gasteiger partial charge in [0.1, 0.15) is 22.7 Å². The maximum atomic E-state index is 16.4. The number of hydrogen-bond donors (Lipinski definition) is 3. The Morgan fingerprint density at radius 1 is 0.918 bits per heavy atom. The second kappa shape index (κ2) is 16.3. The number of piperazine rings is 1. The first-order chi connectivity index (χ1) is 28.4. The molecule has 1 aromatic heterocycles. The molecule has 3 aliphatic heterocycles. The number of ether oxygens (including phenoxy) is 2. The Morgan fingerprint density at radius 2 is 1.57 bits per heavy atom. The summed E-state index contributed by atoms with van der Waals surface area (Å²) in [7, 11) is 0. The lowest BCUT2D eigenvalue weighted by Gasteiger charge is -2.50. The molecule has 332 valence electrons. The summed E-state index contributed by atoms with van der Waals surface area (Å²) in [5.74, 6) is -3.75. The third-order valence-corrected chi connectivity index (χ3v) is 13.9. The monoisotopic (exact) mass is 884 g/mol. The number of anilines is 1. The van der Waals surface area contributed by atoms with Gasteiger partial charge in [0.25, 0.3) is 0 Å². The largest absolute Gasteiger partial charge is 0.458 e. The van der Waals surface area contributed by atoms with Gasteiger partial charge in [0, 0.05) is 53.4 Å². The molecule has 2 saturated carbocycles. The number of amides is 4. The zero-order valence-corrected chi connectivity index (χ0v) is 37.9. The zero-order chi connectivity index (χ0) is 44.4. The van der Waals surface area contributed by atoms with Crippen LogP contribution in [0, 0.1) is 17.2 Å². The van der Waals surface area contributed by atoms with E-state index in [1.54, 1.807) is 53.7 Å². The number of carbonyl (C=O) groups excluding carboxylic acids is 5. The predicted molar refractivity (Wildman–Crippen MR) is 229 cm³/mol. The summed E-state index contributed by atoms with van der Waals surface area (Å²) in [6.07, 6.45) is 5.29. The molecule has 4 atom stereocenters. The maximum Gasteiger partial charge on any atom is 0.410 e. The van der Waals surface area contributed by atoms with E-state index in [-0.39, 0.29) is 59.5 Å². The van der Waals surface area contributed by atoms with Crippen molar-refractivity contribution in [2.45, 2.75) is 153 Å². The molecular formula is C45H59Cl2FN6O7. The van der Waals surface area contributed by atoms with Crippen LogP contribution in [0.4, 0.5) is 14.9 Å². The number of nitrogens with one attached hydrogen (secondary N) is 3. The van der Waals surface area contributed by atoms with Crippen LogP contribution in [0.5, 0.6) is 0 Å². The van der Waals surface area contributed by atoms with E-state index >= 15 is 4.39 Å². The SMILES string of the molecule is CC1(C)CCC2(CC1)N[C@@H](C(=O)NC1CCC(C(=O)N3CCN(C(=O)OC(C)(C)C)C[C@H]3C(=O)OC(C)(C)C)CC1)[C@H](c1ccnc(Cl)c1F)[C@]21C(=O)Nc2cc(Cl)ccc21. The van der Waals surface area contributed by atoms with Gasteiger partial charge in [-0.05, 0) is 128 Å². The molecule has 0 radical (unpaired) electrons. The number of aromatic nitrogens is 1. The minimum absolute atomic E-state index is 0.0121. The van der Waals surface area contributed by atoms with Crippen molar-refractivity contribution < 1.29 is 37.8 Å². The van der Waals surface area contributed by atoms with E-state index in [0.29, 0.717) is 54.8 Å². The molecule has 61 heavy (non-hydrogen) atoms. The lowest BCUT2D eigenvalue weighted by atomic mass is 9.53. The van der Waals surface area contributed by atoms with Crippen molar-refractivity contribution in [3.05, 3.63) is 57.6 Å². The van der Waals surface area contributed by atoms with Gasteiger partial charge in [-0.1, -0.05) is 43.1 Å². The molecule has 2 saturated heterocycles. The van der Waals surface area contributed by atoms with E-state index in [0.717, 1.165) is 12.8 Å². The van der Waals surface area contributed by atoms with Crippen molar-refractivity contribution in [1.29, 1.82) is 0 Å². The fourth-order valence-electron chi connectivity index (χ4n) is 10.4. The van der Waals surface area contributed by atoms with Crippen molar-refractivity contribution in [2.75, 3.05) is 25.0 Å². The standard InChI is InChI=1S/C45H59Cl2FN6O7/c1-41(2,3)60-38(57)31-24-53(40(59)61-42(4,5)6)21-22-54(31)37(56)25-9-12-27(13-10-25)50-36(55)34-32(28-15-20-49-35(47)33(28)48)45(44(52-34)18-16-43(7,8)17-19-44)29-14-11-26(46)23-30(29)51-39(45)58/h11,14-15,20,23,25,27,31-32,34,52H,9-10,12-13,16-19,21-22,24H2,1-8H3,(H,50,55)(H,51,58)/t25?,27?,31-,32-,34+,45+/m0/s1. The highest BCUT2D eigenvalue weighted by Gasteiger charge is 2.73. The number of hydrogen-bond acceptors (Lipinski definition) is 9. The molecule has 4 amide bonds. The highest BCUT2D eigenvalue weighted by molar-refractivity contribution is 6.31.